The molecule has 2 aromatic carbocycles. The fourth-order valence-electron chi connectivity index (χ4n) is 2.24. The van der Waals surface area contributed by atoms with Crippen LogP contribution in [0.2, 0.25) is 0 Å². The van der Waals surface area contributed by atoms with Crippen molar-refractivity contribution in [2.75, 3.05) is 19.0 Å². The van der Waals surface area contributed by atoms with Crippen LogP contribution in [-0.4, -0.2) is 24.8 Å². The van der Waals surface area contributed by atoms with E-state index in [0.717, 1.165) is 0 Å². The number of hydrogen-bond donors (Lipinski definition) is 2. The van der Waals surface area contributed by atoms with Gasteiger partial charge in [-0.2, -0.15) is 5.26 Å². The smallest absolute Gasteiger partial charge is 0.330 e. The standard InChI is InChI=1S/C18H18N2O4/c1-3-24-16-10-13(6-9-15(16)23-2)17(18(21)22)20-14-7-4-12(11-19)5-8-14/h4-10,17,20H,3H2,1-2H3,(H,21,22). The van der Waals surface area contributed by atoms with Gasteiger partial charge in [-0.05, 0) is 48.9 Å². The van der Waals surface area contributed by atoms with Crippen molar-refractivity contribution in [2.24, 2.45) is 0 Å². The third-order valence-electron chi connectivity index (χ3n) is 3.39. The lowest BCUT2D eigenvalue weighted by molar-refractivity contribution is -0.138. The van der Waals surface area contributed by atoms with Crippen molar-refractivity contribution in [3.05, 3.63) is 53.6 Å². The molecule has 0 aliphatic rings. The lowest BCUT2D eigenvalue weighted by atomic mass is 10.1. The summed E-state index contributed by atoms with van der Waals surface area (Å²) in [5.41, 5.74) is 1.65. The molecule has 0 aromatic heterocycles. The SMILES string of the molecule is CCOc1cc(C(Nc2ccc(C#N)cc2)C(=O)O)ccc1OC. The van der Waals surface area contributed by atoms with Crippen LogP contribution in [0.5, 0.6) is 11.5 Å². The lowest BCUT2D eigenvalue weighted by Crippen LogP contribution is -2.20. The molecular formula is C18H18N2O4. The number of anilines is 1. The quantitative estimate of drug-likeness (QED) is 0.812. The molecule has 0 saturated heterocycles. The zero-order valence-electron chi connectivity index (χ0n) is 13.4. The molecule has 6 nitrogen and oxygen atoms in total. The van der Waals surface area contributed by atoms with Gasteiger partial charge in [-0.15, -0.1) is 0 Å². The average Bonchev–Trinajstić information content (AvgIpc) is 2.60. The Morgan fingerprint density at radius 1 is 1.25 bits per heavy atom. The van der Waals surface area contributed by atoms with Gasteiger partial charge in [0.1, 0.15) is 0 Å². The summed E-state index contributed by atoms with van der Waals surface area (Å²) in [6, 6.07) is 12.7. The highest BCUT2D eigenvalue weighted by Crippen LogP contribution is 2.31. The maximum atomic E-state index is 11.7. The summed E-state index contributed by atoms with van der Waals surface area (Å²) in [7, 11) is 1.53. The van der Waals surface area contributed by atoms with Gasteiger partial charge in [-0.25, -0.2) is 4.79 Å². The van der Waals surface area contributed by atoms with Crippen LogP contribution in [0.1, 0.15) is 24.1 Å². The molecule has 124 valence electrons. The van der Waals surface area contributed by atoms with Crippen LogP contribution in [0.15, 0.2) is 42.5 Å². The molecule has 0 bridgehead atoms. The van der Waals surface area contributed by atoms with E-state index in [9.17, 15) is 9.90 Å². The first-order valence-electron chi connectivity index (χ1n) is 7.39. The fraction of sp³-hybridized carbons (Fsp3) is 0.222. The Morgan fingerprint density at radius 3 is 2.50 bits per heavy atom. The summed E-state index contributed by atoms with van der Waals surface area (Å²) in [4.78, 5) is 11.7. The van der Waals surface area contributed by atoms with Crippen LogP contribution in [0.3, 0.4) is 0 Å². The summed E-state index contributed by atoms with van der Waals surface area (Å²) >= 11 is 0. The number of carboxylic acid groups (broad SMARTS) is 1. The number of benzene rings is 2. The molecule has 0 aliphatic carbocycles. The highest BCUT2D eigenvalue weighted by atomic mass is 16.5. The number of nitriles is 1. The predicted molar refractivity (Wildman–Crippen MR) is 89.3 cm³/mol. The Labute approximate surface area is 140 Å². The van der Waals surface area contributed by atoms with Gasteiger partial charge in [0, 0.05) is 5.69 Å². The third-order valence-corrected chi connectivity index (χ3v) is 3.39. The van der Waals surface area contributed by atoms with Gasteiger partial charge in [-0.3, -0.25) is 0 Å². The van der Waals surface area contributed by atoms with E-state index in [1.165, 1.54) is 7.11 Å². The van der Waals surface area contributed by atoms with E-state index < -0.39 is 12.0 Å². The van der Waals surface area contributed by atoms with Crippen molar-refractivity contribution < 1.29 is 19.4 Å². The molecule has 0 heterocycles. The van der Waals surface area contributed by atoms with Crippen LogP contribution < -0.4 is 14.8 Å². The number of ether oxygens (including phenoxy) is 2. The molecular weight excluding hydrogens is 308 g/mol. The molecule has 2 rings (SSSR count). The first kappa shape index (κ1) is 17.2. The molecule has 0 fully saturated rings. The number of nitrogens with zero attached hydrogens (tertiary/aromatic N) is 1. The Hall–Kier alpha value is -3.20. The number of hydrogen-bond acceptors (Lipinski definition) is 5. The molecule has 1 unspecified atom stereocenters. The fourth-order valence-corrected chi connectivity index (χ4v) is 2.24. The number of carboxylic acids is 1. The minimum absolute atomic E-state index is 0.445. The van der Waals surface area contributed by atoms with Gasteiger partial charge < -0.3 is 19.9 Å². The minimum atomic E-state index is -1.02. The lowest BCUT2D eigenvalue weighted by Gasteiger charge is -2.18. The summed E-state index contributed by atoms with van der Waals surface area (Å²) < 4.78 is 10.7. The van der Waals surface area contributed by atoms with Crippen LogP contribution >= 0.6 is 0 Å². The normalized spacial score (nSPS) is 11.2. The highest BCUT2D eigenvalue weighted by molar-refractivity contribution is 5.79. The van der Waals surface area contributed by atoms with Crippen molar-refractivity contribution in [3.8, 4) is 17.6 Å². The molecule has 1 atom stereocenters. The Bertz CT molecular complexity index is 751. The maximum Gasteiger partial charge on any atom is 0.330 e. The second-order valence-corrected chi connectivity index (χ2v) is 4.95. The van der Waals surface area contributed by atoms with E-state index in [1.54, 1.807) is 42.5 Å². The summed E-state index contributed by atoms with van der Waals surface area (Å²) in [5, 5.41) is 21.3. The van der Waals surface area contributed by atoms with E-state index in [0.29, 0.717) is 34.9 Å². The summed E-state index contributed by atoms with van der Waals surface area (Å²) in [6.07, 6.45) is 0. The van der Waals surface area contributed by atoms with Crippen molar-refractivity contribution in [1.29, 1.82) is 5.26 Å². The molecule has 0 aliphatic heterocycles. The molecule has 0 radical (unpaired) electrons. The number of aliphatic carboxylic acids is 1. The Balaban J connectivity index is 2.31. The van der Waals surface area contributed by atoms with E-state index in [1.807, 2.05) is 13.0 Å². The van der Waals surface area contributed by atoms with E-state index >= 15 is 0 Å². The Morgan fingerprint density at radius 2 is 1.96 bits per heavy atom. The molecule has 2 aromatic rings. The van der Waals surface area contributed by atoms with Crippen LogP contribution in [0.25, 0.3) is 0 Å². The predicted octanol–water partition coefficient (Wildman–Crippen LogP) is 3.20. The largest absolute Gasteiger partial charge is 0.493 e. The van der Waals surface area contributed by atoms with Crippen molar-refractivity contribution in [2.45, 2.75) is 13.0 Å². The zero-order chi connectivity index (χ0) is 17.5. The van der Waals surface area contributed by atoms with Crippen molar-refractivity contribution in [1.82, 2.24) is 0 Å². The van der Waals surface area contributed by atoms with Gasteiger partial charge in [0.15, 0.2) is 17.5 Å². The van der Waals surface area contributed by atoms with Crippen LogP contribution in [0, 0.1) is 11.3 Å². The maximum absolute atomic E-state index is 11.7. The highest BCUT2D eigenvalue weighted by Gasteiger charge is 2.21. The molecule has 2 N–H and O–H groups in total. The number of rotatable bonds is 7. The van der Waals surface area contributed by atoms with Gasteiger partial charge >= 0.3 is 5.97 Å². The zero-order valence-corrected chi connectivity index (χ0v) is 13.4. The molecule has 0 amide bonds. The van der Waals surface area contributed by atoms with E-state index in [2.05, 4.69) is 5.32 Å². The van der Waals surface area contributed by atoms with Gasteiger partial charge in [0.2, 0.25) is 0 Å². The third kappa shape index (κ3) is 3.96. The van der Waals surface area contributed by atoms with Gasteiger partial charge in [0.25, 0.3) is 0 Å². The second kappa shape index (κ2) is 7.88. The number of methoxy groups -OCH3 is 1. The van der Waals surface area contributed by atoms with Gasteiger partial charge in [0.05, 0.1) is 25.3 Å². The summed E-state index contributed by atoms with van der Waals surface area (Å²) in [5.74, 6) is 0.0143. The van der Waals surface area contributed by atoms with Crippen molar-refractivity contribution >= 4 is 11.7 Å². The minimum Gasteiger partial charge on any atom is -0.493 e. The molecule has 24 heavy (non-hydrogen) atoms. The molecule has 6 heteroatoms. The van der Waals surface area contributed by atoms with Crippen LogP contribution in [-0.2, 0) is 4.79 Å². The number of nitrogens with one attached hydrogen (secondary N) is 1. The van der Waals surface area contributed by atoms with E-state index in [4.69, 9.17) is 14.7 Å². The number of carbonyl (C=O) groups is 1. The average molecular weight is 326 g/mol. The van der Waals surface area contributed by atoms with Crippen molar-refractivity contribution in [3.63, 3.8) is 0 Å². The molecule has 0 saturated carbocycles. The first-order chi connectivity index (χ1) is 11.6. The Kier molecular flexibility index (Phi) is 5.63. The monoisotopic (exact) mass is 326 g/mol. The first-order valence-corrected chi connectivity index (χ1v) is 7.39. The van der Waals surface area contributed by atoms with E-state index in [-0.39, 0.29) is 0 Å². The van der Waals surface area contributed by atoms with Gasteiger partial charge in [-0.1, -0.05) is 6.07 Å². The topological polar surface area (TPSA) is 91.6 Å². The second-order valence-electron chi connectivity index (χ2n) is 4.95. The summed E-state index contributed by atoms with van der Waals surface area (Å²) in [6.45, 7) is 2.29. The molecule has 0 spiro atoms. The van der Waals surface area contributed by atoms with Crippen LogP contribution in [0.4, 0.5) is 5.69 Å².